The highest BCUT2D eigenvalue weighted by Gasteiger charge is 2.07. The van der Waals surface area contributed by atoms with Crippen molar-refractivity contribution in [3.63, 3.8) is 0 Å². The molecule has 2 aromatic rings. The fraction of sp³-hybridized carbons (Fsp3) is 0.294. The maximum absolute atomic E-state index is 5.89. The smallest absolute Gasteiger partial charge is 0.0410 e. The highest BCUT2D eigenvalue weighted by molar-refractivity contribution is 5.63. The van der Waals surface area contributed by atoms with Crippen molar-refractivity contribution in [1.82, 2.24) is 0 Å². The van der Waals surface area contributed by atoms with Crippen LogP contribution in [0.3, 0.4) is 0 Å². The number of benzene rings is 2. The van der Waals surface area contributed by atoms with Crippen LogP contribution in [-0.2, 0) is 0 Å². The van der Waals surface area contributed by atoms with E-state index in [1.54, 1.807) is 0 Å². The second-order valence-electron chi connectivity index (χ2n) is 4.96. The molecule has 100 valence electrons. The second kappa shape index (κ2) is 5.89. The Balaban J connectivity index is 2.28. The third kappa shape index (κ3) is 3.15. The summed E-state index contributed by atoms with van der Waals surface area (Å²) >= 11 is 0. The van der Waals surface area contributed by atoms with Crippen molar-refractivity contribution in [2.75, 3.05) is 11.4 Å². The molecule has 0 fully saturated rings. The van der Waals surface area contributed by atoms with Crippen LogP contribution in [-0.4, -0.2) is 6.54 Å². The zero-order valence-corrected chi connectivity index (χ0v) is 11.9. The van der Waals surface area contributed by atoms with E-state index in [2.05, 4.69) is 67.3 Å². The average molecular weight is 254 g/mol. The maximum Gasteiger partial charge on any atom is 0.0410 e. The van der Waals surface area contributed by atoms with E-state index in [9.17, 15) is 0 Å². The molecule has 0 aromatic heterocycles. The van der Waals surface area contributed by atoms with Gasteiger partial charge in [0, 0.05) is 24.0 Å². The fourth-order valence-corrected chi connectivity index (χ4v) is 2.20. The number of nitrogens with two attached hydrogens (primary N) is 1. The van der Waals surface area contributed by atoms with Crippen LogP contribution in [0.2, 0.25) is 0 Å². The van der Waals surface area contributed by atoms with Crippen LogP contribution in [0.4, 0.5) is 11.4 Å². The lowest BCUT2D eigenvalue weighted by Crippen LogP contribution is -2.16. The molecule has 2 rings (SSSR count). The zero-order chi connectivity index (χ0) is 13.8. The lowest BCUT2D eigenvalue weighted by molar-refractivity contribution is 0.818. The second-order valence-corrected chi connectivity index (χ2v) is 4.96. The summed E-state index contributed by atoms with van der Waals surface area (Å²) in [6, 6.07) is 17.2. The SMILES string of the molecule is CCN(c1ccc(C)cc1)c1ccc([C@H](C)N)cc1. The van der Waals surface area contributed by atoms with Crippen LogP contribution in [0, 0.1) is 6.92 Å². The van der Waals surface area contributed by atoms with Crippen LogP contribution < -0.4 is 10.6 Å². The minimum Gasteiger partial charge on any atom is -0.342 e. The molecule has 2 nitrogen and oxygen atoms in total. The van der Waals surface area contributed by atoms with Gasteiger partial charge in [-0.25, -0.2) is 0 Å². The van der Waals surface area contributed by atoms with E-state index in [-0.39, 0.29) is 6.04 Å². The van der Waals surface area contributed by atoms with Crippen LogP contribution in [0.5, 0.6) is 0 Å². The van der Waals surface area contributed by atoms with Gasteiger partial charge in [0.2, 0.25) is 0 Å². The van der Waals surface area contributed by atoms with Gasteiger partial charge >= 0.3 is 0 Å². The summed E-state index contributed by atoms with van der Waals surface area (Å²) in [6.07, 6.45) is 0. The Morgan fingerprint density at radius 1 is 0.947 bits per heavy atom. The van der Waals surface area contributed by atoms with E-state index in [0.29, 0.717) is 0 Å². The standard InChI is InChI=1S/C17H22N2/c1-4-19(16-9-5-13(2)6-10-16)17-11-7-15(8-12-17)14(3)18/h5-12,14H,4,18H2,1-3H3/t14-/m0/s1. The highest BCUT2D eigenvalue weighted by Crippen LogP contribution is 2.26. The molecule has 0 saturated heterocycles. The summed E-state index contributed by atoms with van der Waals surface area (Å²) in [5.41, 5.74) is 10.8. The molecular weight excluding hydrogens is 232 g/mol. The van der Waals surface area contributed by atoms with Gasteiger partial charge in [-0.3, -0.25) is 0 Å². The van der Waals surface area contributed by atoms with Crippen molar-refractivity contribution in [2.24, 2.45) is 5.73 Å². The van der Waals surface area contributed by atoms with E-state index in [0.717, 1.165) is 6.54 Å². The Bertz CT molecular complexity index is 512. The molecule has 2 N–H and O–H groups in total. The first-order chi connectivity index (χ1) is 9.11. The third-order valence-electron chi connectivity index (χ3n) is 3.39. The summed E-state index contributed by atoms with van der Waals surface area (Å²) < 4.78 is 0. The summed E-state index contributed by atoms with van der Waals surface area (Å²) in [5, 5.41) is 0. The number of aryl methyl sites for hydroxylation is 1. The Morgan fingerprint density at radius 3 is 1.84 bits per heavy atom. The number of rotatable bonds is 4. The average Bonchev–Trinajstić information content (AvgIpc) is 2.42. The van der Waals surface area contributed by atoms with Crippen LogP contribution in [0.15, 0.2) is 48.5 Å². The van der Waals surface area contributed by atoms with Gasteiger partial charge < -0.3 is 10.6 Å². The van der Waals surface area contributed by atoms with Crippen molar-refractivity contribution in [2.45, 2.75) is 26.8 Å². The Labute approximate surface area is 115 Å². The molecule has 0 saturated carbocycles. The van der Waals surface area contributed by atoms with Crippen LogP contribution >= 0.6 is 0 Å². The molecule has 0 radical (unpaired) electrons. The molecule has 0 aliphatic heterocycles. The first kappa shape index (κ1) is 13.6. The van der Waals surface area contributed by atoms with Gasteiger partial charge in [0.05, 0.1) is 0 Å². The molecule has 19 heavy (non-hydrogen) atoms. The van der Waals surface area contributed by atoms with Gasteiger partial charge in [0.15, 0.2) is 0 Å². The summed E-state index contributed by atoms with van der Waals surface area (Å²) in [7, 11) is 0. The molecule has 0 heterocycles. The molecule has 0 unspecified atom stereocenters. The van der Waals surface area contributed by atoms with Crippen molar-refractivity contribution >= 4 is 11.4 Å². The molecule has 1 atom stereocenters. The van der Waals surface area contributed by atoms with Gasteiger partial charge in [-0.2, -0.15) is 0 Å². The normalized spacial score (nSPS) is 12.2. The highest BCUT2D eigenvalue weighted by atomic mass is 15.1. The van der Waals surface area contributed by atoms with Gasteiger partial charge in [-0.1, -0.05) is 29.8 Å². The third-order valence-corrected chi connectivity index (χ3v) is 3.39. The zero-order valence-electron chi connectivity index (χ0n) is 11.9. The first-order valence-electron chi connectivity index (χ1n) is 6.81. The molecule has 0 aliphatic rings. The Kier molecular flexibility index (Phi) is 4.23. The molecule has 2 aromatic carbocycles. The minimum absolute atomic E-state index is 0.0866. The van der Waals surface area contributed by atoms with Gasteiger partial charge in [-0.05, 0) is 50.6 Å². The summed E-state index contributed by atoms with van der Waals surface area (Å²) in [6.45, 7) is 7.23. The quantitative estimate of drug-likeness (QED) is 0.887. The predicted molar refractivity (Wildman–Crippen MR) is 82.9 cm³/mol. The van der Waals surface area contributed by atoms with Crippen molar-refractivity contribution in [1.29, 1.82) is 0 Å². The summed E-state index contributed by atoms with van der Waals surface area (Å²) in [4.78, 5) is 2.30. The predicted octanol–water partition coefficient (Wildman–Crippen LogP) is 4.17. The molecule has 0 amide bonds. The van der Waals surface area contributed by atoms with Crippen molar-refractivity contribution in [3.8, 4) is 0 Å². The monoisotopic (exact) mass is 254 g/mol. The lowest BCUT2D eigenvalue weighted by atomic mass is 10.1. The first-order valence-corrected chi connectivity index (χ1v) is 6.81. The fourth-order valence-electron chi connectivity index (χ4n) is 2.20. The Hall–Kier alpha value is -1.80. The van der Waals surface area contributed by atoms with E-state index in [4.69, 9.17) is 5.73 Å². The largest absolute Gasteiger partial charge is 0.342 e. The number of hydrogen-bond donors (Lipinski definition) is 1. The van der Waals surface area contributed by atoms with E-state index >= 15 is 0 Å². The molecular formula is C17H22N2. The van der Waals surface area contributed by atoms with Crippen LogP contribution in [0.25, 0.3) is 0 Å². The number of anilines is 2. The van der Waals surface area contributed by atoms with Gasteiger partial charge in [-0.15, -0.1) is 0 Å². The number of hydrogen-bond acceptors (Lipinski definition) is 2. The lowest BCUT2D eigenvalue weighted by Gasteiger charge is -2.24. The van der Waals surface area contributed by atoms with E-state index < -0.39 is 0 Å². The van der Waals surface area contributed by atoms with E-state index in [1.165, 1.54) is 22.5 Å². The van der Waals surface area contributed by atoms with E-state index in [1.807, 2.05) is 6.92 Å². The van der Waals surface area contributed by atoms with Crippen LogP contribution in [0.1, 0.15) is 31.0 Å². The summed E-state index contributed by atoms with van der Waals surface area (Å²) in [5.74, 6) is 0. The minimum atomic E-state index is 0.0866. The number of nitrogens with zero attached hydrogens (tertiary/aromatic N) is 1. The van der Waals surface area contributed by atoms with Gasteiger partial charge in [0.25, 0.3) is 0 Å². The van der Waals surface area contributed by atoms with Gasteiger partial charge in [0.1, 0.15) is 0 Å². The topological polar surface area (TPSA) is 29.3 Å². The molecule has 2 heteroatoms. The molecule has 0 spiro atoms. The molecule has 0 bridgehead atoms. The molecule has 0 aliphatic carbocycles. The van der Waals surface area contributed by atoms with Crippen molar-refractivity contribution in [3.05, 3.63) is 59.7 Å². The maximum atomic E-state index is 5.89. The van der Waals surface area contributed by atoms with Crippen molar-refractivity contribution < 1.29 is 0 Å². The Morgan fingerprint density at radius 2 is 1.42 bits per heavy atom.